The molecule has 1 fully saturated rings. The highest BCUT2D eigenvalue weighted by Crippen LogP contribution is 2.21. The summed E-state index contributed by atoms with van der Waals surface area (Å²) in [5.41, 5.74) is 1.57. The summed E-state index contributed by atoms with van der Waals surface area (Å²) in [6.07, 6.45) is 8.54. The zero-order chi connectivity index (χ0) is 20.6. The van der Waals surface area contributed by atoms with E-state index in [1.165, 1.54) is 0 Å². The topological polar surface area (TPSA) is 85.3 Å². The van der Waals surface area contributed by atoms with Crippen molar-refractivity contribution in [2.45, 2.75) is 64.1 Å². The average molecular weight is 399 g/mol. The lowest BCUT2D eigenvalue weighted by Gasteiger charge is -2.30. The summed E-state index contributed by atoms with van der Waals surface area (Å²) in [5.74, 6) is 0.765. The summed E-state index contributed by atoms with van der Waals surface area (Å²) in [7, 11) is 1.62. The lowest BCUT2D eigenvalue weighted by atomic mass is 9.90. The molecule has 1 aliphatic rings. The third kappa shape index (κ3) is 6.07. The van der Waals surface area contributed by atoms with E-state index < -0.39 is 0 Å². The third-order valence-electron chi connectivity index (χ3n) is 5.38. The number of aryl methyl sites for hydroxylation is 2. The Kier molecular flexibility index (Phi) is 7.27. The second-order valence-corrected chi connectivity index (χ2v) is 7.66. The fourth-order valence-electron chi connectivity index (χ4n) is 3.87. The highest BCUT2D eigenvalue weighted by Gasteiger charge is 2.24. The summed E-state index contributed by atoms with van der Waals surface area (Å²) < 4.78 is 7.09. The molecule has 0 aliphatic heterocycles. The number of carbonyl (C=O) groups excluding carboxylic acids is 2. The number of aromatic nitrogens is 2. The van der Waals surface area contributed by atoms with Crippen molar-refractivity contribution in [3.8, 4) is 5.75 Å². The number of rotatable bonds is 8. The molecule has 0 saturated heterocycles. The molecule has 7 nitrogen and oxygen atoms in total. The molecule has 1 aromatic carbocycles. The SMILES string of the molecule is COc1ccc(C(=O)N[C@H]2CCC[C@@H](NC(=O)CCCn3cccn3)C2)cc1C. The Balaban J connectivity index is 1.44. The fraction of sp³-hybridized carbons (Fsp3) is 0.500. The molecule has 7 heteroatoms. The molecule has 3 rings (SSSR count). The predicted molar refractivity (Wildman–Crippen MR) is 111 cm³/mol. The van der Waals surface area contributed by atoms with Crippen LogP contribution in [0, 0.1) is 6.92 Å². The molecular weight excluding hydrogens is 368 g/mol. The molecule has 1 aliphatic carbocycles. The van der Waals surface area contributed by atoms with Gasteiger partial charge in [0, 0.05) is 43.0 Å². The Labute approximate surface area is 171 Å². The molecule has 0 radical (unpaired) electrons. The van der Waals surface area contributed by atoms with Crippen LogP contribution in [0.3, 0.4) is 0 Å². The van der Waals surface area contributed by atoms with E-state index in [-0.39, 0.29) is 23.9 Å². The van der Waals surface area contributed by atoms with Crippen LogP contribution in [0.2, 0.25) is 0 Å². The maximum Gasteiger partial charge on any atom is 0.251 e. The maximum absolute atomic E-state index is 12.6. The molecule has 2 aromatic rings. The average Bonchev–Trinajstić information content (AvgIpc) is 3.21. The first-order valence-corrected chi connectivity index (χ1v) is 10.3. The molecule has 29 heavy (non-hydrogen) atoms. The van der Waals surface area contributed by atoms with Crippen molar-refractivity contribution in [2.24, 2.45) is 0 Å². The van der Waals surface area contributed by atoms with Gasteiger partial charge in [0.05, 0.1) is 7.11 Å². The summed E-state index contributed by atoms with van der Waals surface area (Å²) >= 11 is 0. The van der Waals surface area contributed by atoms with E-state index in [1.807, 2.05) is 36.0 Å². The molecule has 0 unspecified atom stereocenters. The second kappa shape index (κ2) is 10.1. The monoisotopic (exact) mass is 398 g/mol. The Bertz CT molecular complexity index is 819. The fourth-order valence-corrected chi connectivity index (χ4v) is 3.87. The first kappa shape index (κ1) is 20.9. The van der Waals surface area contributed by atoms with E-state index in [1.54, 1.807) is 19.4 Å². The van der Waals surface area contributed by atoms with Crippen LogP contribution in [0.25, 0.3) is 0 Å². The Hall–Kier alpha value is -2.83. The minimum atomic E-state index is -0.0769. The molecule has 1 aromatic heterocycles. The van der Waals surface area contributed by atoms with Crippen LogP contribution in [-0.2, 0) is 11.3 Å². The third-order valence-corrected chi connectivity index (χ3v) is 5.38. The van der Waals surface area contributed by atoms with Crippen molar-refractivity contribution in [1.82, 2.24) is 20.4 Å². The molecule has 2 N–H and O–H groups in total. The molecule has 2 atom stereocenters. The van der Waals surface area contributed by atoms with Crippen LogP contribution in [0.1, 0.15) is 54.4 Å². The van der Waals surface area contributed by atoms with Gasteiger partial charge in [-0.1, -0.05) is 0 Å². The van der Waals surface area contributed by atoms with E-state index in [0.29, 0.717) is 12.0 Å². The number of nitrogens with zero attached hydrogens (tertiary/aromatic N) is 2. The number of hydrogen-bond acceptors (Lipinski definition) is 4. The van der Waals surface area contributed by atoms with Crippen molar-refractivity contribution in [1.29, 1.82) is 0 Å². The van der Waals surface area contributed by atoms with Gasteiger partial charge in [-0.3, -0.25) is 14.3 Å². The van der Waals surface area contributed by atoms with Crippen molar-refractivity contribution in [2.75, 3.05) is 7.11 Å². The standard InChI is InChI=1S/C22H30N4O3/c1-16-14-17(9-10-20(16)29-2)22(28)25-19-7-3-6-18(15-19)24-21(27)8-4-12-26-13-5-11-23-26/h5,9-11,13-14,18-19H,3-4,6-8,12,15H2,1-2H3,(H,24,27)(H,25,28)/t18-,19+/m1/s1. The van der Waals surface area contributed by atoms with Crippen LogP contribution in [-0.4, -0.2) is 40.8 Å². The van der Waals surface area contributed by atoms with Crippen molar-refractivity contribution < 1.29 is 14.3 Å². The van der Waals surface area contributed by atoms with Gasteiger partial charge in [0.15, 0.2) is 0 Å². The van der Waals surface area contributed by atoms with Crippen molar-refractivity contribution in [3.05, 3.63) is 47.8 Å². The summed E-state index contributed by atoms with van der Waals surface area (Å²) in [6.45, 7) is 2.67. The second-order valence-electron chi connectivity index (χ2n) is 7.66. The van der Waals surface area contributed by atoms with E-state index >= 15 is 0 Å². The summed E-state index contributed by atoms with van der Waals surface area (Å²) in [5, 5.41) is 10.4. The number of nitrogens with one attached hydrogen (secondary N) is 2. The maximum atomic E-state index is 12.6. The number of benzene rings is 1. The van der Waals surface area contributed by atoms with Crippen LogP contribution in [0.15, 0.2) is 36.7 Å². The van der Waals surface area contributed by atoms with Crippen molar-refractivity contribution >= 4 is 11.8 Å². The Morgan fingerprint density at radius 3 is 2.72 bits per heavy atom. The van der Waals surface area contributed by atoms with E-state index in [4.69, 9.17) is 4.74 Å². The lowest BCUT2D eigenvalue weighted by molar-refractivity contribution is -0.122. The first-order chi connectivity index (χ1) is 14.0. The van der Waals surface area contributed by atoms with Gasteiger partial charge in [-0.25, -0.2) is 0 Å². The minimum Gasteiger partial charge on any atom is -0.496 e. The zero-order valence-corrected chi connectivity index (χ0v) is 17.2. The lowest BCUT2D eigenvalue weighted by Crippen LogP contribution is -2.45. The Morgan fingerprint density at radius 2 is 2.03 bits per heavy atom. The van der Waals surface area contributed by atoms with Gasteiger partial charge in [0.1, 0.15) is 5.75 Å². The van der Waals surface area contributed by atoms with Gasteiger partial charge >= 0.3 is 0 Å². The number of amides is 2. The summed E-state index contributed by atoms with van der Waals surface area (Å²) in [6, 6.07) is 7.51. The van der Waals surface area contributed by atoms with E-state index in [0.717, 1.165) is 50.0 Å². The highest BCUT2D eigenvalue weighted by molar-refractivity contribution is 5.94. The van der Waals surface area contributed by atoms with Crippen LogP contribution < -0.4 is 15.4 Å². The molecule has 1 saturated carbocycles. The van der Waals surface area contributed by atoms with Gasteiger partial charge in [0.25, 0.3) is 5.91 Å². The Morgan fingerprint density at radius 1 is 1.24 bits per heavy atom. The van der Waals surface area contributed by atoms with Crippen LogP contribution >= 0.6 is 0 Å². The van der Waals surface area contributed by atoms with Crippen LogP contribution in [0.4, 0.5) is 0 Å². The van der Waals surface area contributed by atoms with Gasteiger partial charge in [0.2, 0.25) is 5.91 Å². The van der Waals surface area contributed by atoms with Crippen molar-refractivity contribution in [3.63, 3.8) is 0 Å². The number of methoxy groups -OCH3 is 1. The van der Waals surface area contributed by atoms with Crippen LogP contribution in [0.5, 0.6) is 5.75 Å². The van der Waals surface area contributed by atoms with Gasteiger partial charge in [-0.2, -0.15) is 5.10 Å². The molecular formula is C22H30N4O3. The zero-order valence-electron chi connectivity index (χ0n) is 17.2. The van der Waals surface area contributed by atoms with E-state index in [2.05, 4.69) is 15.7 Å². The van der Waals surface area contributed by atoms with Gasteiger partial charge < -0.3 is 15.4 Å². The number of ether oxygens (including phenoxy) is 1. The minimum absolute atomic E-state index is 0.0694. The predicted octanol–water partition coefficient (Wildman–Crippen LogP) is 2.84. The number of carbonyl (C=O) groups is 2. The number of hydrogen-bond donors (Lipinski definition) is 2. The first-order valence-electron chi connectivity index (χ1n) is 10.3. The highest BCUT2D eigenvalue weighted by atomic mass is 16.5. The smallest absolute Gasteiger partial charge is 0.251 e. The molecule has 156 valence electrons. The normalized spacial score (nSPS) is 18.8. The molecule has 1 heterocycles. The van der Waals surface area contributed by atoms with E-state index in [9.17, 15) is 9.59 Å². The quantitative estimate of drug-likeness (QED) is 0.716. The molecule has 0 bridgehead atoms. The van der Waals surface area contributed by atoms with Gasteiger partial charge in [-0.15, -0.1) is 0 Å². The largest absolute Gasteiger partial charge is 0.496 e. The molecule has 0 spiro atoms. The molecule has 2 amide bonds. The summed E-state index contributed by atoms with van der Waals surface area (Å²) in [4.78, 5) is 24.8. The van der Waals surface area contributed by atoms with Gasteiger partial charge in [-0.05, 0) is 68.9 Å².